The Hall–Kier alpha value is -2.38. The number of furan rings is 1. The number of thiocarbonyl (C=S) groups is 2. The lowest BCUT2D eigenvalue weighted by atomic mass is 10.1. The third kappa shape index (κ3) is 3.38. The molecular formula is C18H17NO4S2. The molecule has 0 unspecified atom stereocenters. The fourth-order valence-electron chi connectivity index (χ4n) is 2.48. The Balaban J connectivity index is 1.90. The molecule has 1 aromatic carbocycles. The van der Waals surface area contributed by atoms with Crippen molar-refractivity contribution in [3.8, 4) is 22.8 Å². The lowest BCUT2D eigenvalue weighted by Gasteiger charge is -2.09. The number of nitrogens with zero attached hydrogens (tertiary/aromatic N) is 1. The maximum absolute atomic E-state index is 5.90. The second-order valence-corrected chi connectivity index (χ2v) is 5.93. The van der Waals surface area contributed by atoms with Crippen molar-refractivity contribution in [2.75, 3.05) is 20.8 Å². The maximum atomic E-state index is 5.90. The molecule has 3 rings (SSSR count). The van der Waals surface area contributed by atoms with Crippen molar-refractivity contribution in [3.63, 3.8) is 0 Å². The summed E-state index contributed by atoms with van der Waals surface area (Å²) >= 11 is 10.5. The quantitative estimate of drug-likeness (QED) is 0.571. The minimum Gasteiger partial charge on any atom is -0.497 e. The van der Waals surface area contributed by atoms with Crippen molar-refractivity contribution in [1.82, 2.24) is 4.90 Å². The second-order valence-electron chi connectivity index (χ2n) is 5.19. The highest BCUT2D eigenvalue weighted by molar-refractivity contribution is 7.82. The number of hydrogen-bond acceptors (Lipinski definition) is 6. The molecule has 1 saturated heterocycles. The van der Waals surface area contributed by atoms with E-state index in [0.717, 1.165) is 5.56 Å². The van der Waals surface area contributed by atoms with Crippen molar-refractivity contribution < 1.29 is 18.6 Å². The molecular weight excluding hydrogens is 358 g/mol. The summed E-state index contributed by atoms with van der Waals surface area (Å²) in [4.78, 5) is 2.32. The van der Waals surface area contributed by atoms with Gasteiger partial charge in [0.1, 0.15) is 23.0 Å². The third-order valence-electron chi connectivity index (χ3n) is 3.76. The van der Waals surface area contributed by atoms with Crippen LogP contribution >= 0.6 is 24.4 Å². The Morgan fingerprint density at radius 2 is 1.92 bits per heavy atom. The van der Waals surface area contributed by atoms with E-state index in [0.29, 0.717) is 45.5 Å². The van der Waals surface area contributed by atoms with Crippen LogP contribution < -0.4 is 9.47 Å². The summed E-state index contributed by atoms with van der Waals surface area (Å²) in [7, 11) is 3.22. The molecule has 1 aliphatic heterocycles. The summed E-state index contributed by atoms with van der Waals surface area (Å²) in [5.41, 5.74) is 0.827. The van der Waals surface area contributed by atoms with Gasteiger partial charge in [0.25, 0.3) is 5.17 Å². The molecule has 130 valence electrons. The number of ether oxygens (including phenoxy) is 3. The molecule has 0 radical (unpaired) electrons. The van der Waals surface area contributed by atoms with Crippen LogP contribution in [0.25, 0.3) is 17.4 Å². The van der Waals surface area contributed by atoms with E-state index in [4.69, 9.17) is 43.1 Å². The molecule has 0 amide bonds. The van der Waals surface area contributed by atoms with Crippen molar-refractivity contribution in [1.29, 1.82) is 0 Å². The van der Waals surface area contributed by atoms with Crippen LogP contribution in [0, 0.1) is 0 Å². The van der Waals surface area contributed by atoms with Crippen LogP contribution in [-0.4, -0.2) is 35.8 Å². The highest BCUT2D eigenvalue weighted by Gasteiger charge is 2.28. The van der Waals surface area contributed by atoms with Gasteiger partial charge in [-0.1, -0.05) is 12.2 Å². The number of benzene rings is 1. The van der Waals surface area contributed by atoms with Crippen molar-refractivity contribution in [2.24, 2.45) is 0 Å². The third-order valence-corrected chi connectivity index (χ3v) is 4.49. The molecule has 7 heteroatoms. The van der Waals surface area contributed by atoms with Crippen molar-refractivity contribution in [3.05, 3.63) is 41.9 Å². The van der Waals surface area contributed by atoms with Gasteiger partial charge in [-0.3, -0.25) is 4.90 Å². The first-order valence-electron chi connectivity index (χ1n) is 7.65. The Bertz CT molecular complexity index is 857. The van der Waals surface area contributed by atoms with E-state index < -0.39 is 0 Å². The lowest BCUT2D eigenvalue weighted by Crippen LogP contribution is -2.26. The lowest BCUT2D eigenvalue weighted by molar-refractivity contribution is 0.394. The SMILES string of the molecule is CCN1C(=S)O/C(=C/c2ccc(-c3ccc(OC)cc3OC)o2)C1=S. The Kier molecular flexibility index (Phi) is 5.06. The fourth-order valence-corrected chi connectivity index (χ4v) is 3.16. The standard InChI is InChI=1S/C18H17NO4S2/c1-4-19-17(24)16(23-18(19)25)10-12-6-8-14(22-12)13-7-5-11(20-2)9-15(13)21-3/h5-10H,4H2,1-3H3/b16-10+. The largest absolute Gasteiger partial charge is 0.497 e. The van der Waals surface area contributed by atoms with E-state index >= 15 is 0 Å². The zero-order chi connectivity index (χ0) is 18.0. The zero-order valence-electron chi connectivity index (χ0n) is 14.1. The zero-order valence-corrected chi connectivity index (χ0v) is 15.7. The number of rotatable bonds is 5. The molecule has 0 atom stereocenters. The average molecular weight is 375 g/mol. The van der Waals surface area contributed by atoms with Gasteiger partial charge in [0, 0.05) is 18.7 Å². The van der Waals surface area contributed by atoms with Gasteiger partial charge in [0.05, 0.1) is 19.8 Å². The fraction of sp³-hybridized carbons (Fsp3) is 0.222. The monoisotopic (exact) mass is 375 g/mol. The van der Waals surface area contributed by atoms with Crippen LogP contribution in [0.1, 0.15) is 12.7 Å². The molecule has 1 fully saturated rings. The molecule has 25 heavy (non-hydrogen) atoms. The summed E-state index contributed by atoms with van der Waals surface area (Å²) in [5, 5.41) is 0.363. The molecule has 2 heterocycles. The Morgan fingerprint density at radius 1 is 1.12 bits per heavy atom. The maximum Gasteiger partial charge on any atom is 0.270 e. The highest BCUT2D eigenvalue weighted by Crippen LogP contribution is 2.35. The molecule has 0 N–H and O–H groups in total. The van der Waals surface area contributed by atoms with Gasteiger partial charge in [0.15, 0.2) is 10.7 Å². The van der Waals surface area contributed by atoms with Crippen LogP contribution in [0.5, 0.6) is 11.5 Å². The molecule has 0 spiro atoms. The summed E-state index contributed by atoms with van der Waals surface area (Å²) in [6, 6.07) is 9.26. The molecule has 1 aromatic heterocycles. The molecule has 1 aliphatic rings. The van der Waals surface area contributed by atoms with Crippen LogP contribution in [0.2, 0.25) is 0 Å². The topological polar surface area (TPSA) is 44.1 Å². The summed E-state index contributed by atoms with van der Waals surface area (Å²) in [5.74, 6) is 3.19. The van der Waals surface area contributed by atoms with E-state index in [1.165, 1.54) is 0 Å². The Labute approximate surface area is 156 Å². The van der Waals surface area contributed by atoms with Gasteiger partial charge in [-0.25, -0.2) is 0 Å². The van der Waals surface area contributed by atoms with Crippen molar-refractivity contribution in [2.45, 2.75) is 6.92 Å². The van der Waals surface area contributed by atoms with Gasteiger partial charge >= 0.3 is 0 Å². The van der Waals surface area contributed by atoms with Gasteiger partial charge in [-0.15, -0.1) is 0 Å². The molecule has 0 aliphatic carbocycles. The summed E-state index contributed by atoms with van der Waals surface area (Å²) < 4.78 is 22.1. The average Bonchev–Trinajstić information content (AvgIpc) is 3.19. The minimum atomic E-state index is 0.363. The first kappa shape index (κ1) is 17.4. The van der Waals surface area contributed by atoms with E-state index in [-0.39, 0.29) is 0 Å². The normalized spacial score (nSPS) is 15.6. The van der Waals surface area contributed by atoms with Gasteiger partial charge in [-0.05, 0) is 43.4 Å². The number of hydrogen-bond donors (Lipinski definition) is 0. The second kappa shape index (κ2) is 7.25. The van der Waals surface area contributed by atoms with E-state index in [2.05, 4.69) is 0 Å². The summed E-state index contributed by atoms with van der Waals surface area (Å²) in [6.45, 7) is 2.63. The van der Waals surface area contributed by atoms with Crippen LogP contribution in [0.15, 0.2) is 40.5 Å². The summed E-state index contributed by atoms with van der Waals surface area (Å²) in [6.07, 6.45) is 1.74. The molecule has 5 nitrogen and oxygen atoms in total. The molecule has 2 aromatic rings. The van der Waals surface area contributed by atoms with Crippen molar-refractivity contribution >= 4 is 40.7 Å². The predicted molar refractivity (Wildman–Crippen MR) is 104 cm³/mol. The van der Waals surface area contributed by atoms with Crippen LogP contribution in [-0.2, 0) is 4.74 Å². The van der Waals surface area contributed by atoms with Crippen LogP contribution in [0.4, 0.5) is 0 Å². The number of methoxy groups -OCH3 is 2. The minimum absolute atomic E-state index is 0.363. The molecule has 0 saturated carbocycles. The van der Waals surface area contributed by atoms with Gasteiger partial charge in [-0.2, -0.15) is 0 Å². The predicted octanol–water partition coefficient (Wildman–Crippen LogP) is 4.27. The van der Waals surface area contributed by atoms with E-state index in [9.17, 15) is 0 Å². The smallest absolute Gasteiger partial charge is 0.270 e. The van der Waals surface area contributed by atoms with Crippen LogP contribution in [0.3, 0.4) is 0 Å². The first-order valence-corrected chi connectivity index (χ1v) is 8.46. The van der Waals surface area contributed by atoms with Gasteiger partial charge < -0.3 is 18.6 Å². The van der Waals surface area contributed by atoms with E-state index in [1.807, 2.05) is 37.3 Å². The van der Waals surface area contributed by atoms with Gasteiger partial charge in [0.2, 0.25) is 0 Å². The highest BCUT2D eigenvalue weighted by atomic mass is 32.1. The first-order chi connectivity index (χ1) is 12.1. The van der Waals surface area contributed by atoms with E-state index in [1.54, 1.807) is 25.2 Å². The Morgan fingerprint density at radius 3 is 2.56 bits per heavy atom. The number of likely N-dealkylation sites (N-methyl/N-ethyl adjacent to an activating group) is 1. The molecule has 0 bridgehead atoms.